The van der Waals surface area contributed by atoms with E-state index in [0.29, 0.717) is 18.0 Å². The minimum atomic E-state index is -0.168. The third kappa shape index (κ3) is 2.31. The molecule has 0 bridgehead atoms. The molecule has 1 atom stereocenters. The van der Waals surface area contributed by atoms with Gasteiger partial charge in [0.25, 0.3) is 0 Å². The first kappa shape index (κ1) is 12.0. The van der Waals surface area contributed by atoms with Crippen LogP contribution in [0.4, 0.5) is 4.79 Å². The molecular formula is C11H13BrN2O3. The Labute approximate surface area is 108 Å². The van der Waals surface area contributed by atoms with E-state index in [1.807, 2.05) is 12.1 Å². The molecule has 0 aliphatic carbocycles. The second-order valence-electron chi connectivity index (χ2n) is 3.64. The summed E-state index contributed by atoms with van der Waals surface area (Å²) < 4.78 is 11.4. The summed E-state index contributed by atoms with van der Waals surface area (Å²) in [6, 6.07) is 3.43. The lowest BCUT2D eigenvalue weighted by atomic mass is 10.1. The Bertz CT molecular complexity index is 451. The van der Waals surface area contributed by atoms with Gasteiger partial charge in [0.1, 0.15) is 11.5 Å². The van der Waals surface area contributed by atoms with E-state index in [0.717, 1.165) is 10.0 Å². The Kier molecular flexibility index (Phi) is 3.42. The molecule has 1 heterocycles. The summed E-state index contributed by atoms with van der Waals surface area (Å²) >= 11 is 3.39. The van der Waals surface area contributed by atoms with Gasteiger partial charge in [0.05, 0.1) is 24.7 Å². The van der Waals surface area contributed by atoms with Gasteiger partial charge in [-0.3, -0.25) is 0 Å². The molecule has 6 heteroatoms. The summed E-state index contributed by atoms with van der Waals surface area (Å²) in [5.41, 5.74) is 0.894. The molecule has 2 amide bonds. The maximum absolute atomic E-state index is 11.1. The first-order valence-corrected chi connectivity index (χ1v) is 5.90. The molecule has 0 saturated carbocycles. The molecule has 5 nitrogen and oxygen atoms in total. The van der Waals surface area contributed by atoms with Gasteiger partial charge in [-0.1, -0.05) is 0 Å². The lowest BCUT2D eigenvalue weighted by Crippen LogP contribution is -2.22. The van der Waals surface area contributed by atoms with Crippen molar-refractivity contribution in [2.45, 2.75) is 6.04 Å². The van der Waals surface area contributed by atoms with Gasteiger partial charge in [-0.2, -0.15) is 0 Å². The first-order valence-electron chi connectivity index (χ1n) is 5.11. The zero-order valence-corrected chi connectivity index (χ0v) is 11.1. The van der Waals surface area contributed by atoms with Gasteiger partial charge >= 0.3 is 6.03 Å². The molecule has 92 valence electrons. The van der Waals surface area contributed by atoms with Crippen molar-refractivity contribution in [3.05, 3.63) is 22.2 Å². The maximum atomic E-state index is 11.1. The average Bonchev–Trinajstić information content (AvgIpc) is 2.75. The molecule has 2 N–H and O–H groups in total. The zero-order valence-electron chi connectivity index (χ0n) is 9.54. The van der Waals surface area contributed by atoms with Crippen molar-refractivity contribution in [1.82, 2.24) is 10.6 Å². The van der Waals surface area contributed by atoms with Crippen LogP contribution < -0.4 is 20.1 Å². The van der Waals surface area contributed by atoms with Gasteiger partial charge < -0.3 is 20.1 Å². The second kappa shape index (κ2) is 4.83. The van der Waals surface area contributed by atoms with Gasteiger partial charge in [0.15, 0.2) is 0 Å². The Morgan fingerprint density at radius 1 is 1.29 bits per heavy atom. The van der Waals surface area contributed by atoms with Crippen LogP contribution in [0.15, 0.2) is 16.6 Å². The minimum absolute atomic E-state index is 0.0977. The molecule has 0 unspecified atom stereocenters. The number of carbonyl (C=O) groups is 1. The lowest BCUT2D eigenvalue weighted by molar-refractivity contribution is 0.247. The van der Waals surface area contributed by atoms with Crippen LogP contribution in [0.3, 0.4) is 0 Å². The molecule has 1 saturated heterocycles. The van der Waals surface area contributed by atoms with Gasteiger partial charge in [-0.25, -0.2) is 4.79 Å². The number of ether oxygens (including phenoxy) is 2. The first-order chi connectivity index (χ1) is 8.15. The predicted molar refractivity (Wildman–Crippen MR) is 66.5 cm³/mol. The Morgan fingerprint density at radius 3 is 2.53 bits per heavy atom. The smallest absolute Gasteiger partial charge is 0.315 e. The van der Waals surface area contributed by atoms with Crippen LogP contribution in [0.25, 0.3) is 0 Å². The summed E-state index contributed by atoms with van der Waals surface area (Å²) in [5.74, 6) is 1.42. The van der Waals surface area contributed by atoms with E-state index in [1.54, 1.807) is 14.2 Å². The molecule has 2 rings (SSSR count). The van der Waals surface area contributed by atoms with E-state index >= 15 is 0 Å². The molecule has 17 heavy (non-hydrogen) atoms. The van der Waals surface area contributed by atoms with Gasteiger partial charge in [0, 0.05) is 12.1 Å². The Balaban J connectivity index is 2.40. The summed E-state index contributed by atoms with van der Waals surface area (Å²) in [5, 5.41) is 5.53. The summed E-state index contributed by atoms with van der Waals surface area (Å²) in [7, 11) is 3.20. The average molecular weight is 301 g/mol. The van der Waals surface area contributed by atoms with Crippen LogP contribution in [0.5, 0.6) is 11.5 Å². The number of hydrogen-bond acceptors (Lipinski definition) is 3. The third-order valence-corrected chi connectivity index (χ3v) is 3.27. The van der Waals surface area contributed by atoms with Gasteiger partial charge in [0.2, 0.25) is 0 Å². The van der Waals surface area contributed by atoms with Crippen LogP contribution >= 0.6 is 15.9 Å². The number of amides is 2. The van der Waals surface area contributed by atoms with E-state index in [-0.39, 0.29) is 12.1 Å². The summed E-state index contributed by atoms with van der Waals surface area (Å²) in [4.78, 5) is 11.1. The molecule has 0 aromatic heterocycles. The SMILES string of the molecule is COc1cc([C@H]2CNC(=O)N2)c(OC)cc1Br. The van der Waals surface area contributed by atoms with Gasteiger partial charge in [-0.15, -0.1) is 0 Å². The van der Waals surface area contributed by atoms with E-state index in [9.17, 15) is 4.79 Å². The van der Waals surface area contributed by atoms with Crippen LogP contribution in [-0.2, 0) is 0 Å². The number of halogens is 1. The van der Waals surface area contributed by atoms with Crippen molar-refractivity contribution in [2.75, 3.05) is 20.8 Å². The van der Waals surface area contributed by atoms with Crippen molar-refractivity contribution in [3.63, 3.8) is 0 Å². The highest BCUT2D eigenvalue weighted by atomic mass is 79.9. The van der Waals surface area contributed by atoms with E-state index in [2.05, 4.69) is 26.6 Å². The predicted octanol–water partition coefficient (Wildman–Crippen LogP) is 1.82. The van der Waals surface area contributed by atoms with E-state index in [1.165, 1.54) is 0 Å². The molecule has 1 aromatic rings. The summed E-state index contributed by atoms with van der Waals surface area (Å²) in [6.45, 7) is 0.542. The fourth-order valence-corrected chi connectivity index (χ4v) is 2.28. The maximum Gasteiger partial charge on any atom is 0.315 e. The molecule has 1 aliphatic rings. The quantitative estimate of drug-likeness (QED) is 0.895. The van der Waals surface area contributed by atoms with Crippen molar-refractivity contribution in [3.8, 4) is 11.5 Å². The molecule has 0 radical (unpaired) electrons. The lowest BCUT2D eigenvalue weighted by Gasteiger charge is -2.16. The van der Waals surface area contributed by atoms with E-state index in [4.69, 9.17) is 9.47 Å². The number of methoxy groups -OCH3 is 2. The van der Waals surface area contributed by atoms with Crippen LogP contribution in [0.2, 0.25) is 0 Å². The van der Waals surface area contributed by atoms with Crippen molar-refractivity contribution in [1.29, 1.82) is 0 Å². The molecule has 1 fully saturated rings. The highest BCUT2D eigenvalue weighted by molar-refractivity contribution is 9.10. The Hall–Kier alpha value is -1.43. The van der Waals surface area contributed by atoms with Crippen molar-refractivity contribution < 1.29 is 14.3 Å². The fourth-order valence-electron chi connectivity index (χ4n) is 1.80. The molecule has 1 aliphatic heterocycles. The zero-order chi connectivity index (χ0) is 12.4. The number of carbonyl (C=O) groups excluding carboxylic acids is 1. The highest BCUT2D eigenvalue weighted by Gasteiger charge is 2.25. The monoisotopic (exact) mass is 300 g/mol. The highest BCUT2D eigenvalue weighted by Crippen LogP contribution is 2.36. The second-order valence-corrected chi connectivity index (χ2v) is 4.49. The Morgan fingerprint density at radius 2 is 2.00 bits per heavy atom. The summed E-state index contributed by atoms with van der Waals surface area (Å²) in [6.07, 6.45) is 0. The number of rotatable bonds is 3. The topological polar surface area (TPSA) is 59.6 Å². The van der Waals surface area contributed by atoms with Crippen molar-refractivity contribution >= 4 is 22.0 Å². The molecular weight excluding hydrogens is 288 g/mol. The fraction of sp³-hybridized carbons (Fsp3) is 0.364. The molecule has 0 spiro atoms. The number of nitrogens with one attached hydrogen (secondary N) is 2. The largest absolute Gasteiger partial charge is 0.496 e. The number of hydrogen-bond donors (Lipinski definition) is 2. The van der Waals surface area contributed by atoms with Crippen LogP contribution in [0, 0.1) is 0 Å². The van der Waals surface area contributed by atoms with Crippen LogP contribution in [-0.4, -0.2) is 26.8 Å². The molecule has 1 aromatic carbocycles. The number of benzene rings is 1. The van der Waals surface area contributed by atoms with E-state index < -0.39 is 0 Å². The van der Waals surface area contributed by atoms with Crippen LogP contribution in [0.1, 0.15) is 11.6 Å². The third-order valence-electron chi connectivity index (χ3n) is 2.65. The number of urea groups is 1. The normalized spacial score (nSPS) is 18.5. The standard InChI is InChI=1S/C11H13BrN2O3/c1-16-9-4-7(12)10(17-2)3-6(9)8-5-13-11(15)14-8/h3-4,8H,5H2,1-2H3,(H2,13,14,15)/t8-/m1/s1. The van der Waals surface area contributed by atoms with Gasteiger partial charge in [-0.05, 0) is 28.1 Å². The minimum Gasteiger partial charge on any atom is -0.496 e. The van der Waals surface area contributed by atoms with Crippen molar-refractivity contribution in [2.24, 2.45) is 0 Å².